The Morgan fingerprint density at radius 2 is 2.00 bits per heavy atom. The van der Waals surface area contributed by atoms with E-state index in [1.807, 2.05) is 13.0 Å². The van der Waals surface area contributed by atoms with Crippen molar-refractivity contribution in [2.45, 2.75) is 32.1 Å². The van der Waals surface area contributed by atoms with E-state index < -0.39 is 10.0 Å². The molecule has 0 atom stereocenters. The number of sulfonamides is 1. The molecular formula is C14H18N2O3S. The molecule has 0 saturated carbocycles. The van der Waals surface area contributed by atoms with Crippen molar-refractivity contribution in [1.82, 2.24) is 9.71 Å². The maximum Gasteiger partial charge on any atom is 0.240 e. The summed E-state index contributed by atoms with van der Waals surface area (Å²) in [6, 6.07) is 5.37. The van der Waals surface area contributed by atoms with Crippen LogP contribution in [0.5, 0.6) is 0 Å². The Kier molecular flexibility index (Phi) is 4.25. The van der Waals surface area contributed by atoms with Crippen molar-refractivity contribution in [2.24, 2.45) is 0 Å². The molecule has 1 aromatic heterocycles. The minimum atomic E-state index is -3.50. The number of hydrogen-bond acceptors (Lipinski definition) is 4. The molecule has 0 fully saturated rings. The first-order chi connectivity index (χ1) is 9.38. The van der Waals surface area contributed by atoms with Crippen LogP contribution in [-0.2, 0) is 16.4 Å². The smallest absolute Gasteiger partial charge is 0.240 e. The number of hydrogen-bond donors (Lipinski definition) is 1. The summed E-state index contributed by atoms with van der Waals surface area (Å²) in [7, 11) is -3.50. The zero-order chi connectivity index (χ0) is 14.8. The van der Waals surface area contributed by atoms with Gasteiger partial charge in [-0.2, -0.15) is 0 Å². The first-order valence-corrected chi connectivity index (χ1v) is 7.85. The lowest BCUT2D eigenvalue weighted by Gasteiger charge is -2.09. The van der Waals surface area contributed by atoms with Crippen molar-refractivity contribution in [1.29, 1.82) is 0 Å². The molecule has 0 bridgehead atoms. The van der Waals surface area contributed by atoms with E-state index in [0.29, 0.717) is 17.2 Å². The Bertz CT molecular complexity index is 705. The molecule has 0 aliphatic heterocycles. The van der Waals surface area contributed by atoms with Gasteiger partial charge in [0.25, 0.3) is 0 Å². The Morgan fingerprint density at radius 1 is 1.25 bits per heavy atom. The predicted molar refractivity (Wildman–Crippen MR) is 76.0 cm³/mol. The SMILES string of the molecule is Cc1ccc(C)c(S(=O)(=O)NCCc2ncc(C)o2)c1. The molecule has 6 heteroatoms. The maximum absolute atomic E-state index is 12.2. The Balaban J connectivity index is 2.06. The molecule has 1 heterocycles. The fourth-order valence-corrected chi connectivity index (χ4v) is 3.24. The molecule has 0 unspecified atom stereocenters. The summed E-state index contributed by atoms with van der Waals surface area (Å²) >= 11 is 0. The molecular weight excluding hydrogens is 276 g/mol. The maximum atomic E-state index is 12.2. The first-order valence-electron chi connectivity index (χ1n) is 6.37. The number of aromatic nitrogens is 1. The molecule has 0 aliphatic carbocycles. The summed E-state index contributed by atoms with van der Waals surface area (Å²) < 4.78 is 32.4. The van der Waals surface area contributed by atoms with Crippen LogP contribution in [0, 0.1) is 20.8 Å². The zero-order valence-corrected chi connectivity index (χ0v) is 12.6. The minimum Gasteiger partial charge on any atom is -0.446 e. The van der Waals surface area contributed by atoms with E-state index >= 15 is 0 Å². The third-order valence-electron chi connectivity index (χ3n) is 2.93. The van der Waals surface area contributed by atoms with E-state index in [9.17, 15) is 8.42 Å². The van der Waals surface area contributed by atoms with E-state index in [-0.39, 0.29) is 6.54 Å². The van der Waals surface area contributed by atoms with E-state index in [2.05, 4.69) is 9.71 Å². The monoisotopic (exact) mass is 294 g/mol. The normalized spacial score (nSPS) is 11.8. The number of nitrogens with one attached hydrogen (secondary N) is 1. The van der Waals surface area contributed by atoms with Gasteiger partial charge in [-0.15, -0.1) is 0 Å². The molecule has 1 aromatic carbocycles. The second-order valence-electron chi connectivity index (χ2n) is 4.78. The fraction of sp³-hybridized carbons (Fsp3) is 0.357. The molecule has 1 N–H and O–H groups in total. The summed E-state index contributed by atoms with van der Waals surface area (Å²) in [6.45, 7) is 5.71. The molecule has 0 amide bonds. The lowest BCUT2D eigenvalue weighted by atomic mass is 10.2. The third kappa shape index (κ3) is 3.46. The van der Waals surface area contributed by atoms with Gasteiger partial charge in [0.2, 0.25) is 10.0 Å². The summed E-state index contributed by atoms with van der Waals surface area (Å²) in [5.74, 6) is 1.25. The van der Waals surface area contributed by atoms with Crippen molar-refractivity contribution in [3.05, 3.63) is 47.2 Å². The molecule has 0 saturated heterocycles. The van der Waals surface area contributed by atoms with Crippen LogP contribution in [0.15, 0.2) is 33.7 Å². The van der Waals surface area contributed by atoms with E-state index in [1.165, 1.54) is 0 Å². The highest BCUT2D eigenvalue weighted by Gasteiger charge is 2.16. The number of rotatable bonds is 5. The largest absolute Gasteiger partial charge is 0.446 e. The van der Waals surface area contributed by atoms with E-state index in [1.54, 1.807) is 32.2 Å². The van der Waals surface area contributed by atoms with Crippen LogP contribution in [0.4, 0.5) is 0 Å². The molecule has 5 nitrogen and oxygen atoms in total. The van der Waals surface area contributed by atoms with Crippen LogP contribution in [0.2, 0.25) is 0 Å². The highest BCUT2D eigenvalue weighted by Crippen LogP contribution is 2.16. The number of benzene rings is 1. The van der Waals surface area contributed by atoms with Gasteiger partial charge in [-0.05, 0) is 38.0 Å². The molecule has 0 aliphatic rings. The lowest BCUT2D eigenvalue weighted by molar-refractivity contribution is 0.469. The average molecular weight is 294 g/mol. The van der Waals surface area contributed by atoms with Gasteiger partial charge in [0.15, 0.2) is 5.89 Å². The predicted octanol–water partition coefficient (Wildman–Crippen LogP) is 2.12. The van der Waals surface area contributed by atoms with Crippen LogP contribution in [0.3, 0.4) is 0 Å². The number of oxazole rings is 1. The topological polar surface area (TPSA) is 72.2 Å². The van der Waals surface area contributed by atoms with Crippen molar-refractivity contribution in [3.63, 3.8) is 0 Å². The second-order valence-corrected chi connectivity index (χ2v) is 6.52. The Morgan fingerprint density at radius 3 is 2.65 bits per heavy atom. The summed E-state index contributed by atoms with van der Waals surface area (Å²) in [5.41, 5.74) is 1.65. The van der Waals surface area contributed by atoms with Crippen LogP contribution in [-0.4, -0.2) is 19.9 Å². The van der Waals surface area contributed by atoms with Gasteiger partial charge < -0.3 is 4.42 Å². The first kappa shape index (κ1) is 14.7. The molecule has 2 rings (SSSR count). The molecule has 20 heavy (non-hydrogen) atoms. The number of nitrogens with zero attached hydrogens (tertiary/aromatic N) is 1. The minimum absolute atomic E-state index is 0.260. The van der Waals surface area contributed by atoms with Gasteiger partial charge in [-0.25, -0.2) is 18.1 Å². The second kappa shape index (κ2) is 5.76. The van der Waals surface area contributed by atoms with Crippen molar-refractivity contribution in [2.75, 3.05) is 6.54 Å². The average Bonchev–Trinajstić information content (AvgIpc) is 2.78. The lowest BCUT2D eigenvalue weighted by Crippen LogP contribution is -2.26. The fourth-order valence-electron chi connectivity index (χ4n) is 1.88. The Hall–Kier alpha value is -1.66. The highest BCUT2D eigenvalue weighted by atomic mass is 32.2. The summed E-state index contributed by atoms with van der Waals surface area (Å²) in [5, 5.41) is 0. The highest BCUT2D eigenvalue weighted by molar-refractivity contribution is 7.89. The molecule has 0 spiro atoms. The van der Waals surface area contributed by atoms with Gasteiger partial charge in [0.1, 0.15) is 5.76 Å². The summed E-state index contributed by atoms with van der Waals surface area (Å²) in [4.78, 5) is 4.36. The van der Waals surface area contributed by atoms with Crippen molar-refractivity contribution < 1.29 is 12.8 Å². The molecule has 0 radical (unpaired) electrons. The number of aryl methyl sites for hydroxylation is 3. The van der Waals surface area contributed by atoms with E-state index in [4.69, 9.17) is 4.42 Å². The van der Waals surface area contributed by atoms with Gasteiger partial charge >= 0.3 is 0 Å². The van der Waals surface area contributed by atoms with Crippen LogP contribution in [0.25, 0.3) is 0 Å². The molecule has 2 aromatic rings. The van der Waals surface area contributed by atoms with Crippen LogP contribution in [0.1, 0.15) is 22.8 Å². The van der Waals surface area contributed by atoms with E-state index in [0.717, 1.165) is 16.9 Å². The molecule has 108 valence electrons. The summed E-state index contributed by atoms with van der Waals surface area (Å²) in [6.07, 6.45) is 2.05. The standard InChI is InChI=1S/C14H18N2O3S/c1-10-4-5-11(2)13(8-10)20(17,18)16-7-6-14-15-9-12(3)19-14/h4-5,8-9,16H,6-7H2,1-3H3. The van der Waals surface area contributed by atoms with Gasteiger partial charge in [0.05, 0.1) is 11.1 Å². The van der Waals surface area contributed by atoms with Gasteiger partial charge in [0, 0.05) is 13.0 Å². The van der Waals surface area contributed by atoms with Crippen LogP contribution < -0.4 is 4.72 Å². The van der Waals surface area contributed by atoms with Gasteiger partial charge in [-0.3, -0.25) is 0 Å². The zero-order valence-electron chi connectivity index (χ0n) is 11.8. The quantitative estimate of drug-likeness (QED) is 0.917. The van der Waals surface area contributed by atoms with Crippen molar-refractivity contribution in [3.8, 4) is 0 Å². The van der Waals surface area contributed by atoms with Crippen LogP contribution >= 0.6 is 0 Å². The van der Waals surface area contributed by atoms with Gasteiger partial charge in [-0.1, -0.05) is 12.1 Å². The Labute approximate surface area is 119 Å². The van der Waals surface area contributed by atoms with Crippen molar-refractivity contribution >= 4 is 10.0 Å². The third-order valence-corrected chi connectivity index (χ3v) is 4.54.